The van der Waals surface area contributed by atoms with E-state index in [2.05, 4.69) is 4.85 Å². The van der Waals surface area contributed by atoms with Gasteiger partial charge in [-0.3, -0.25) is 9.80 Å². The van der Waals surface area contributed by atoms with Crippen LogP contribution in [0.25, 0.3) is 4.85 Å². The summed E-state index contributed by atoms with van der Waals surface area (Å²) in [5.41, 5.74) is 2.75. The van der Waals surface area contributed by atoms with Crippen molar-refractivity contribution in [3.63, 3.8) is 0 Å². The third kappa shape index (κ3) is 3.02. The summed E-state index contributed by atoms with van der Waals surface area (Å²) in [5.74, 6) is 0. The Morgan fingerprint density at radius 3 is 2.07 bits per heavy atom. The number of benzene rings is 3. The molecule has 0 aromatic heterocycles. The van der Waals surface area contributed by atoms with Crippen molar-refractivity contribution in [2.24, 2.45) is 0 Å². The van der Waals surface area contributed by atoms with E-state index in [0.717, 1.165) is 11.1 Å². The topological polar surface area (TPSA) is 48.1 Å². The van der Waals surface area contributed by atoms with Gasteiger partial charge in [-0.1, -0.05) is 53.6 Å². The van der Waals surface area contributed by atoms with Gasteiger partial charge in [0.15, 0.2) is 11.4 Å². The van der Waals surface area contributed by atoms with Crippen LogP contribution in [0.1, 0.15) is 23.6 Å². The summed E-state index contributed by atoms with van der Waals surface area (Å²) in [5, 5.41) is 12.1. The first-order chi connectivity index (χ1) is 14.4. The van der Waals surface area contributed by atoms with Crippen LogP contribution in [0.15, 0.2) is 72.8 Å². The number of nitrogens with zero attached hydrogens (tertiary/aromatic N) is 3. The molecule has 0 radical (unpaired) electrons. The number of hydrogen-bond acceptors (Lipinski definition) is 2. The van der Waals surface area contributed by atoms with Crippen LogP contribution in [0.3, 0.4) is 0 Å². The number of aryl methyl sites for hydroxylation is 2. The third-order valence-electron chi connectivity index (χ3n) is 5.71. The minimum atomic E-state index is -1.64. The molecule has 0 bridgehead atoms. The van der Waals surface area contributed by atoms with E-state index in [1.807, 2.05) is 69.3 Å². The standard InChI is InChI=1S/C25H23N3O2/c1-17-8-12-22(13-9-17)27-19(3)25(30,20-6-5-7-21(16-20)26-4)28(24(27)29)23-14-10-18(2)11-15-23/h5-16,19,30H,1-3H3/t19-,25?/m0/s1. The Labute approximate surface area is 176 Å². The van der Waals surface area contributed by atoms with Crippen molar-refractivity contribution in [2.75, 3.05) is 9.80 Å². The summed E-state index contributed by atoms with van der Waals surface area (Å²) in [7, 11) is 0. The molecule has 1 heterocycles. The summed E-state index contributed by atoms with van der Waals surface area (Å²) in [6, 6.07) is 21.1. The molecule has 4 rings (SSSR count). The molecule has 1 unspecified atom stereocenters. The third-order valence-corrected chi connectivity index (χ3v) is 5.71. The molecule has 3 aromatic rings. The van der Waals surface area contributed by atoms with Crippen molar-refractivity contribution in [3.8, 4) is 0 Å². The molecule has 150 valence electrons. The van der Waals surface area contributed by atoms with Crippen LogP contribution in [-0.4, -0.2) is 17.2 Å². The van der Waals surface area contributed by atoms with Gasteiger partial charge in [-0.05, 0) is 56.7 Å². The van der Waals surface area contributed by atoms with Gasteiger partial charge in [-0.25, -0.2) is 9.64 Å². The second-order valence-corrected chi connectivity index (χ2v) is 7.72. The average molecular weight is 397 g/mol. The Hall–Kier alpha value is -3.62. The first kappa shape index (κ1) is 19.7. The SMILES string of the molecule is [C-]#[N+]c1cccc(C2(O)[C@H](C)N(c3ccc(C)cc3)C(=O)N2c2ccc(C)cc2)c1. The Bertz CT molecular complexity index is 1130. The molecule has 1 aliphatic rings. The quantitative estimate of drug-likeness (QED) is 0.590. The van der Waals surface area contributed by atoms with Crippen LogP contribution in [0.5, 0.6) is 0 Å². The highest BCUT2D eigenvalue weighted by atomic mass is 16.3. The molecule has 0 aliphatic carbocycles. The highest BCUT2D eigenvalue weighted by molar-refractivity contribution is 6.08. The Kier molecular flexibility index (Phi) is 4.81. The van der Waals surface area contributed by atoms with Gasteiger partial charge in [0.2, 0.25) is 0 Å². The fourth-order valence-electron chi connectivity index (χ4n) is 4.00. The number of amides is 2. The van der Waals surface area contributed by atoms with Crippen LogP contribution in [0.2, 0.25) is 0 Å². The van der Waals surface area contributed by atoms with E-state index in [9.17, 15) is 9.90 Å². The van der Waals surface area contributed by atoms with E-state index in [4.69, 9.17) is 6.57 Å². The van der Waals surface area contributed by atoms with E-state index in [1.54, 1.807) is 29.2 Å². The van der Waals surface area contributed by atoms with Gasteiger partial charge in [-0.15, -0.1) is 0 Å². The summed E-state index contributed by atoms with van der Waals surface area (Å²) in [6.45, 7) is 13.1. The average Bonchev–Trinajstić information content (AvgIpc) is 2.96. The number of aliphatic hydroxyl groups is 1. The van der Waals surface area contributed by atoms with E-state index in [1.165, 1.54) is 4.90 Å². The normalized spacial score (nSPS) is 21.0. The van der Waals surface area contributed by atoms with Crippen molar-refractivity contribution in [1.82, 2.24) is 0 Å². The van der Waals surface area contributed by atoms with Crippen LogP contribution < -0.4 is 9.80 Å². The predicted octanol–water partition coefficient (Wildman–Crippen LogP) is 5.53. The van der Waals surface area contributed by atoms with Crippen molar-refractivity contribution in [2.45, 2.75) is 32.5 Å². The molecule has 3 aromatic carbocycles. The number of hydrogen-bond donors (Lipinski definition) is 1. The van der Waals surface area contributed by atoms with Crippen molar-refractivity contribution >= 4 is 23.1 Å². The lowest BCUT2D eigenvalue weighted by atomic mass is 9.94. The van der Waals surface area contributed by atoms with Crippen LogP contribution >= 0.6 is 0 Å². The van der Waals surface area contributed by atoms with Gasteiger partial charge in [0, 0.05) is 11.4 Å². The maximum Gasteiger partial charge on any atom is 0.332 e. The first-order valence-electron chi connectivity index (χ1n) is 9.83. The van der Waals surface area contributed by atoms with Gasteiger partial charge in [0.05, 0.1) is 12.6 Å². The zero-order valence-corrected chi connectivity index (χ0v) is 17.2. The van der Waals surface area contributed by atoms with Gasteiger partial charge >= 0.3 is 6.03 Å². The van der Waals surface area contributed by atoms with Gasteiger partial charge in [0.25, 0.3) is 0 Å². The minimum Gasteiger partial charge on any atom is -0.365 e. The van der Waals surface area contributed by atoms with Gasteiger partial charge in [-0.2, -0.15) is 0 Å². The number of anilines is 2. The van der Waals surface area contributed by atoms with E-state index in [0.29, 0.717) is 22.6 Å². The number of carbonyl (C=O) groups is 1. The molecule has 5 heteroatoms. The Morgan fingerprint density at radius 2 is 1.50 bits per heavy atom. The van der Waals surface area contributed by atoms with Crippen LogP contribution in [-0.2, 0) is 5.72 Å². The zero-order chi connectivity index (χ0) is 21.5. The van der Waals surface area contributed by atoms with Crippen molar-refractivity contribution < 1.29 is 9.90 Å². The number of rotatable bonds is 3. The van der Waals surface area contributed by atoms with Crippen molar-refractivity contribution in [1.29, 1.82) is 0 Å². The van der Waals surface area contributed by atoms with Gasteiger partial charge in [0.1, 0.15) is 0 Å². The maximum absolute atomic E-state index is 13.7. The summed E-state index contributed by atoms with van der Waals surface area (Å²) < 4.78 is 0. The highest BCUT2D eigenvalue weighted by Gasteiger charge is 2.56. The fraction of sp³-hybridized carbons (Fsp3) is 0.200. The Balaban J connectivity index is 1.91. The lowest BCUT2D eigenvalue weighted by Crippen LogP contribution is -2.48. The molecule has 5 nitrogen and oxygen atoms in total. The number of urea groups is 1. The molecule has 0 saturated carbocycles. The van der Waals surface area contributed by atoms with Gasteiger partial charge < -0.3 is 5.11 Å². The molecule has 1 aliphatic heterocycles. The summed E-state index contributed by atoms with van der Waals surface area (Å²) in [4.78, 5) is 20.2. The van der Waals surface area contributed by atoms with Crippen LogP contribution in [0, 0.1) is 20.4 Å². The molecule has 30 heavy (non-hydrogen) atoms. The molecule has 2 amide bonds. The predicted molar refractivity (Wildman–Crippen MR) is 119 cm³/mol. The molecule has 0 spiro atoms. The lowest BCUT2D eigenvalue weighted by molar-refractivity contribution is 0.0373. The summed E-state index contributed by atoms with van der Waals surface area (Å²) in [6.07, 6.45) is 0. The van der Waals surface area contributed by atoms with E-state index >= 15 is 0 Å². The smallest absolute Gasteiger partial charge is 0.332 e. The van der Waals surface area contributed by atoms with Crippen molar-refractivity contribution in [3.05, 3.63) is 101 Å². The van der Waals surface area contributed by atoms with E-state index < -0.39 is 11.8 Å². The Morgan fingerprint density at radius 1 is 0.933 bits per heavy atom. The molecule has 1 fully saturated rings. The maximum atomic E-state index is 13.7. The van der Waals surface area contributed by atoms with E-state index in [-0.39, 0.29) is 6.03 Å². The fourth-order valence-corrected chi connectivity index (χ4v) is 4.00. The largest absolute Gasteiger partial charge is 0.365 e. The zero-order valence-electron chi connectivity index (χ0n) is 17.2. The first-order valence-corrected chi connectivity index (χ1v) is 9.83. The highest BCUT2D eigenvalue weighted by Crippen LogP contribution is 2.45. The molecule has 1 saturated heterocycles. The second kappa shape index (κ2) is 7.33. The molecule has 1 N–H and O–H groups in total. The number of carbonyl (C=O) groups excluding carboxylic acids is 1. The summed E-state index contributed by atoms with van der Waals surface area (Å²) >= 11 is 0. The molecule has 2 atom stereocenters. The molecular formula is C25H23N3O2. The second-order valence-electron chi connectivity index (χ2n) is 7.72. The molecular weight excluding hydrogens is 374 g/mol. The minimum absolute atomic E-state index is 0.314. The lowest BCUT2D eigenvalue weighted by Gasteiger charge is -2.36. The monoisotopic (exact) mass is 397 g/mol. The van der Waals surface area contributed by atoms with Crippen LogP contribution in [0.4, 0.5) is 21.9 Å².